The van der Waals surface area contributed by atoms with Crippen molar-refractivity contribution in [2.75, 3.05) is 0 Å². The summed E-state index contributed by atoms with van der Waals surface area (Å²) in [7, 11) is 0. The van der Waals surface area contributed by atoms with Crippen LogP contribution in [0.25, 0.3) is 0 Å². The summed E-state index contributed by atoms with van der Waals surface area (Å²) in [6, 6.07) is 30.8. The molecule has 0 aliphatic rings. The van der Waals surface area contributed by atoms with Gasteiger partial charge in [0.05, 0.1) is 0 Å². The van der Waals surface area contributed by atoms with Gasteiger partial charge in [0.2, 0.25) is 0 Å². The van der Waals surface area contributed by atoms with Gasteiger partial charge in [0, 0.05) is 11.1 Å². The Kier molecular flexibility index (Phi) is 4.06. The topological polar surface area (TPSA) is 9.23 Å². The second kappa shape index (κ2) is 6.31. The van der Waals surface area contributed by atoms with Crippen molar-refractivity contribution in [3.8, 4) is 5.75 Å². The van der Waals surface area contributed by atoms with Gasteiger partial charge in [-0.15, -0.1) is 0 Å². The van der Waals surface area contributed by atoms with Crippen LogP contribution < -0.4 is 4.74 Å². The molecule has 0 N–H and O–H groups in total. The largest absolute Gasteiger partial charge is 0.474 e. The zero-order valence-corrected chi connectivity index (χ0v) is 12.3. The molecule has 0 aliphatic carbocycles. The van der Waals surface area contributed by atoms with Gasteiger partial charge in [-0.05, 0) is 24.3 Å². The summed E-state index contributed by atoms with van der Waals surface area (Å²) in [5, 5.41) is 0. The molecule has 0 aromatic heterocycles. The number of hydrogen-bond donors (Lipinski definition) is 0. The van der Waals surface area contributed by atoms with Gasteiger partial charge in [0.15, 0.2) is 5.60 Å². The van der Waals surface area contributed by atoms with E-state index in [-0.39, 0.29) is 0 Å². The Morgan fingerprint density at radius 2 is 1.27 bits per heavy atom. The van der Waals surface area contributed by atoms with Crippen LogP contribution in [0.2, 0.25) is 0 Å². The van der Waals surface area contributed by atoms with Crippen molar-refractivity contribution in [1.29, 1.82) is 0 Å². The van der Waals surface area contributed by atoms with Gasteiger partial charge in [-0.2, -0.15) is 0 Å². The normalized spacial score (nSPS) is 10.9. The first-order valence-electron chi connectivity index (χ1n) is 7.25. The lowest BCUT2D eigenvalue weighted by Crippen LogP contribution is -2.32. The highest BCUT2D eigenvalue weighted by atomic mass is 16.5. The Labute approximate surface area is 131 Å². The van der Waals surface area contributed by atoms with E-state index < -0.39 is 5.60 Å². The first-order chi connectivity index (χ1) is 10.8. The van der Waals surface area contributed by atoms with Crippen molar-refractivity contribution in [3.63, 3.8) is 0 Å². The molecule has 0 spiro atoms. The minimum atomic E-state index is -0.718. The molecule has 0 atom stereocenters. The quantitative estimate of drug-likeness (QED) is 0.600. The van der Waals surface area contributed by atoms with E-state index in [1.54, 1.807) is 0 Å². The first kappa shape index (κ1) is 14.2. The van der Waals surface area contributed by atoms with Crippen molar-refractivity contribution < 1.29 is 4.74 Å². The van der Waals surface area contributed by atoms with E-state index in [1.165, 1.54) is 0 Å². The van der Waals surface area contributed by atoms with Crippen LogP contribution >= 0.6 is 0 Å². The predicted molar refractivity (Wildman–Crippen MR) is 89.8 cm³/mol. The molecule has 0 amide bonds. The van der Waals surface area contributed by atoms with Crippen LogP contribution in [-0.4, -0.2) is 0 Å². The highest BCUT2D eigenvalue weighted by Gasteiger charge is 2.33. The molecule has 3 aromatic carbocycles. The Hall–Kier alpha value is -2.80. The molecule has 0 saturated carbocycles. The van der Waals surface area contributed by atoms with Crippen LogP contribution in [0.4, 0.5) is 0 Å². The Morgan fingerprint density at radius 1 is 0.773 bits per heavy atom. The summed E-state index contributed by atoms with van der Waals surface area (Å²) in [6.07, 6.45) is 1.86. The molecule has 0 aliphatic heterocycles. The van der Waals surface area contributed by atoms with Gasteiger partial charge in [-0.3, -0.25) is 0 Å². The smallest absolute Gasteiger partial charge is 0.177 e. The summed E-state index contributed by atoms with van der Waals surface area (Å²) in [5.41, 5.74) is 1.37. The molecule has 0 unspecified atom stereocenters. The van der Waals surface area contributed by atoms with Crippen molar-refractivity contribution >= 4 is 0 Å². The van der Waals surface area contributed by atoms with Gasteiger partial charge in [-0.1, -0.05) is 79.4 Å². The zero-order chi connectivity index (χ0) is 15.3. The van der Waals surface area contributed by atoms with Crippen LogP contribution in [-0.2, 0) is 5.60 Å². The summed E-state index contributed by atoms with van der Waals surface area (Å²) in [6.45, 7) is 4.05. The molecule has 3 rings (SSSR count). The highest BCUT2D eigenvalue weighted by Crippen LogP contribution is 2.36. The lowest BCUT2D eigenvalue weighted by molar-refractivity contribution is 0.164. The summed E-state index contributed by atoms with van der Waals surface area (Å²) < 4.78 is 6.39. The van der Waals surface area contributed by atoms with Gasteiger partial charge in [0.1, 0.15) is 5.75 Å². The maximum absolute atomic E-state index is 6.39. The fraction of sp³-hybridized carbons (Fsp3) is 0.0476. The van der Waals surface area contributed by atoms with Crippen LogP contribution in [0.15, 0.2) is 97.6 Å². The summed E-state index contributed by atoms with van der Waals surface area (Å²) >= 11 is 0. The van der Waals surface area contributed by atoms with Crippen molar-refractivity contribution in [2.24, 2.45) is 0 Å². The maximum atomic E-state index is 6.39. The van der Waals surface area contributed by atoms with Gasteiger partial charge in [-0.25, -0.2) is 0 Å². The van der Waals surface area contributed by atoms with E-state index in [0.717, 1.165) is 16.9 Å². The Bertz CT molecular complexity index is 678. The number of benzene rings is 3. The molecule has 0 saturated heterocycles. The number of hydrogen-bond acceptors (Lipinski definition) is 1. The molecule has 0 fully saturated rings. The molecule has 3 aromatic rings. The molecule has 1 radical (unpaired) electrons. The van der Waals surface area contributed by atoms with Crippen LogP contribution in [0.3, 0.4) is 0 Å². The zero-order valence-electron chi connectivity index (χ0n) is 12.3. The average Bonchev–Trinajstić information content (AvgIpc) is 2.62. The summed E-state index contributed by atoms with van der Waals surface area (Å²) in [5.74, 6) is 0.784. The Morgan fingerprint density at radius 3 is 1.73 bits per heavy atom. The lowest BCUT2D eigenvalue weighted by Gasteiger charge is -2.32. The van der Waals surface area contributed by atoms with E-state index >= 15 is 0 Å². The average molecular weight is 285 g/mol. The van der Waals surface area contributed by atoms with Gasteiger partial charge < -0.3 is 4.74 Å². The second-order valence-electron chi connectivity index (χ2n) is 5.01. The van der Waals surface area contributed by atoms with Crippen molar-refractivity contribution in [3.05, 3.63) is 115 Å². The SMILES string of the molecule is C=CC(Oc1cc[c]cc1)(c1ccccc1)c1ccccc1. The number of rotatable bonds is 5. The predicted octanol–water partition coefficient (Wildman–Crippen LogP) is 5.00. The monoisotopic (exact) mass is 285 g/mol. The highest BCUT2D eigenvalue weighted by molar-refractivity contribution is 5.43. The lowest BCUT2D eigenvalue weighted by atomic mass is 9.86. The fourth-order valence-electron chi connectivity index (χ4n) is 2.56. The van der Waals surface area contributed by atoms with Crippen LogP contribution in [0.1, 0.15) is 11.1 Å². The van der Waals surface area contributed by atoms with E-state index in [1.807, 2.05) is 66.7 Å². The van der Waals surface area contributed by atoms with E-state index in [4.69, 9.17) is 4.74 Å². The second-order valence-corrected chi connectivity index (χ2v) is 5.01. The fourth-order valence-corrected chi connectivity index (χ4v) is 2.56. The molecule has 1 heteroatoms. The molecule has 1 nitrogen and oxygen atoms in total. The van der Waals surface area contributed by atoms with Crippen molar-refractivity contribution in [1.82, 2.24) is 0 Å². The molecule has 0 heterocycles. The first-order valence-corrected chi connectivity index (χ1v) is 7.25. The van der Waals surface area contributed by atoms with Crippen LogP contribution in [0.5, 0.6) is 5.75 Å². The van der Waals surface area contributed by atoms with Crippen LogP contribution in [0, 0.1) is 6.07 Å². The summed E-state index contributed by atoms with van der Waals surface area (Å²) in [4.78, 5) is 0. The third-order valence-corrected chi connectivity index (χ3v) is 3.66. The molecule has 22 heavy (non-hydrogen) atoms. The minimum Gasteiger partial charge on any atom is -0.474 e. The minimum absolute atomic E-state index is 0.718. The van der Waals surface area contributed by atoms with E-state index in [9.17, 15) is 0 Å². The molecular weight excluding hydrogens is 268 g/mol. The number of ether oxygens (including phenoxy) is 1. The third-order valence-electron chi connectivity index (χ3n) is 3.66. The van der Waals surface area contributed by atoms with Gasteiger partial charge >= 0.3 is 0 Å². The third kappa shape index (κ3) is 2.66. The Balaban J connectivity index is 2.15. The standard InChI is InChI=1S/C21H17O/c1-2-21(18-12-6-3-7-13-18,19-14-8-4-9-15-19)22-20-16-10-5-11-17-20/h2-4,6-17H,1H2. The van der Waals surface area contributed by atoms with Crippen molar-refractivity contribution in [2.45, 2.75) is 5.60 Å². The molecule has 107 valence electrons. The van der Waals surface area contributed by atoms with E-state index in [2.05, 4.69) is 36.9 Å². The van der Waals surface area contributed by atoms with Gasteiger partial charge in [0.25, 0.3) is 0 Å². The maximum Gasteiger partial charge on any atom is 0.177 e. The van der Waals surface area contributed by atoms with E-state index in [0.29, 0.717) is 0 Å². The molecule has 0 bridgehead atoms. The molecular formula is C21H17O.